The highest BCUT2D eigenvalue weighted by Crippen LogP contribution is 2.36. The van der Waals surface area contributed by atoms with Crippen molar-refractivity contribution < 1.29 is 14.7 Å². The van der Waals surface area contributed by atoms with E-state index in [2.05, 4.69) is 9.97 Å². The third-order valence-electron chi connectivity index (χ3n) is 5.78. The predicted molar refractivity (Wildman–Crippen MR) is 105 cm³/mol. The van der Waals surface area contributed by atoms with Crippen molar-refractivity contribution in [1.82, 2.24) is 24.7 Å². The minimum atomic E-state index is -0.840. The predicted octanol–water partition coefficient (Wildman–Crippen LogP) is 0.763. The normalized spacial score (nSPS) is 24.9. The quantitative estimate of drug-likeness (QED) is 0.770. The van der Waals surface area contributed by atoms with Crippen LogP contribution < -0.4 is 5.73 Å². The minimum Gasteiger partial charge on any atom is -0.389 e. The third-order valence-corrected chi connectivity index (χ3v) is 5.78. The van der Waals surface area contributed by atoms with Gasteiger partial charge >= 0.3 is 6.03 Å². The summed E-state index contributed by atoms with van der Waals surface area (Å²) in [5.41, 5.74) is 5.95. The fraction of sp³-hybridized carbons (Fsp3) is 0.684. The average Bonchev–Trinajstić information content (AvgIpc) is 2.65. The van der Waals surface area contributed by atoms with Crippen molar-refractivity contribution in [2.75, 3.05) is 46.0 Å². The van der Waals surface area contributed by atoms with Gasteiger partial charge in [0, 0.05) is 51.9 Å². The minimum absolute atomic E-state index is 0.0735. The molecule has 1 aromatic heterocycles. The molecule has 2 saturated heterocycles. The van der Waals surface area contributed by atoms with Gasteiger partial charge in [0.25, 0.3) is 5.91 Å². The maximum atomic E-state index is 13.0. The molecular formula is C19H30N6O3. The van der Waals surface area contributed by atoms with Gasteiger partial charge in [-0.25, -0.2) is 14.8 Å². The number of aliphatic hydroxyl groups is 1. The van der Waals surface area contributed by atoms with Crippen LogP contribution >= 0.6 is 0 Å². The van der Waals surface area contributed by atoms with Gasteiger partial charge < -0.3 is 25.5 Å². The monoisotopic (exact) mass is 390 g/mol. The Bertz CT molecular complexity index is 768. The Labute approximate surface area is 165 Å². The Kier molecular flexibility index (Phi) is 5.47. The fourth-order valence-electron chi connectivity index (χ4n) is 4.00. The number of piperidine rings is 2. The molecule has 154 valence electrons. The highest BCUT2D eigenvalue weighted by atomic mass is 16.3. The standard InChI is InChI=1S/C19H30N6O3/c1-12(2)14-9-15(22-17(20)21-14)16(26)24-7-5-19(28)6-8-25(11-13(19)10-24)18(27)23(3)4/h9,12-13,28H,5-8,10-11H2,1-4H3,(H2,20,21,22)/t13-,19-/m1/s1. The average molecular weight is 390 g/mol. The van der Waals surface area contributed by atoms with E-state index in [4.69, 9.17) is 5.73 Å². The first-order valence-corrected chi connectivity index (χ1v) is 9.73. The molecule has 1 aromatic rings. The zero-order valence-electron chi connectivity index (χ0n) is 17.1. The number of nitrogens with two attached hydrogens (primary N) is 1. The van der Waals surface area contributed by atoms with Crippen molar-refractivity contribution in [1.29, 1.82) is 0 Å². The van der Waals surface area contributed by atoms with Crippen LogP contribution in [-0.4, -0.2) is 87.6 Å². The molecule has 9 nitrogen and oxygen atoms in total. The van der Waals surface area contributed by atoms with Gasteiger partial charge in [-0.05, 0) is 24.8 Å². The third kappa shape index (κ3) is 3.89. The van der Waals surface area contributed by atoms with Crippen molar-refractivity contribution in [3.8, 4) is 0 Å². The van der Waals surface area contributed by atoms with Crippen LogP contribution in [-0.2, 0) is 0 Å². The number of amides is 3. The lowest BCUT2D eigenvalue weighted by atomic mass is 9.75. The zero-order chi connectivity index (χ0) is 20.6. The number of hydrogen-bond acceptors (Lipinski definition) is 6. The molecular weight excluding hydrogens is 360 g/mol. The molecule has 3 N–H and O–H groups in total. The summed E-state index contributed by atoms with van der Waals surface area (Å²) < 4.78 is 0. The lowest BCUT2D eigenvalue weighted by Gasteiger charge is -2.50. The van der Waals surface area contributed by atoms with E-state index >= 15 is 0 Å². The van der Waals surface area contributed by atoms with E-state index in [1.807, 2.05) is 13.8 Å². The van der Waals surface area contributed by atoms with Gasteiger partial charge in [-0.3, -0.25) is 4.79 Å². The summed E-state index contributed by atoms with van der Waals surface area (Å²) in [6.07, 6.45) is 1.02. The van der Waals surface area contributed by atoms with Crippen LogP contribution in [0.4, 0.5) is 10.7 Å². The van der Waals surface area contributed by atoms with Gasteiger partial charge in [-0.1, -0.05) is 13.8 Å². The van der Waals surface area contributed by atoms with Crippen LogP contribution in [0.3, 0.4) is 0 Å². The number of nitrogens with zero attached hydrogens (tertiary/aromatic N) is 5. The summed E-state index contributed by atoms with van der Waals surface area (Å²) in [7, 11) is 3.43. The molecule has 2 aliphatic heterocycles. The first kappa shape index (κ1) is 20.3. The number of hydrogen-bond donors (Lipinski definition) is 2. The maximum absolute atomic E-state index is 13.0. The highest BCUT2D eigenvalue weighted by molar-refractivity contribution is 5.92. The molecule has 0 saturated carbocycles. The van der Waals surface area contributed by atoms with Crippen LogP contribution in [0, 0.1) is 5.92 Å². The molecule has 0 spiro atoms. The van der Waals surface area contributed by atoms with Crippen molar-refractivity contribution in [3.05, 3.63) is 17.5 Å². The van der Waals surface area contributed by atoms with Crippen LogP contribution in [0.1, 0.15) is 48.8 Å². The van der Waals surface area contributed by atoms with Crippen LogP contribution in [0.25, 0.3) is 0 Å². The van der Waals surface area contributed by atoms with Gasteiger partial charge in [0.05, 0.1) is 5.60 Å². The lowest BCUT2D eigenvalue weighted by Crippen LogP contribution is -2.62. The molecule has 2 fully saturated rings. The number of carbonyl (C=O) groups is 2. The van der Waals surface area contributed by atoms with Crippen LogP contribution in [0.2, 0.25) is 0 Å². The van der Waals surface area contributed by atoms with E-state index in [0.717, 1.165) is 5.69 Å². The zero-order valence-corrected chi connectivity index (χ0v) is 17.1. The molecule has 2 aliphatic rings. The number of aromatic nitrogens is 2. The van der Waals surface area contributed by atoms with Crippen molar-refractivity contribution >= 4 is 17.9 Å². The molecule has 3 heterocycles. The Morgan fingerprint density at radius 1 is 1.21 bits per heavy atom. The Morgan fingerprint density at radius 3 is 2.43 bits per heavy atom. The largest absolute Gasteiger partial charge is 0.389 e. The van der Waals surface area contributed by atoms with E-state index in [9.17, 15) is 14.7 Å². The molecule has 2 atom stereocenters. The summed E-state index contributed by atoms with van der Waals surface area (Å²) in [5, 5.41) is 11.0. The molecule has 0 unspecified atom stereocenters. The van der Waals surface area contributed by atoms with Crippen molar-refractivity contribution in [2.24, 2.45) is 5.92 Å². The Hall–Kier alpha value is -2.42. The summed E-state index contributed by atoms with van der Waals surface area (Å²) in [6, 6.07) is 1.61. The first-order chi connectivity index (χ1) is 13.1. The molecule has 0 radical (unpaired) electrons. The van der Waals surface area contributed by atoms with E-state index in [1.54, 1.807) is 30.0 Å². The van der Waals surface area contributed by atoms with Gasteiger partial charge in [0.1, 0.15) is 5.69 Å². The number of carbonyl (C=O) groups excluding carboxylic acids is 2. The fourth-order valence-corrected chi connectivity index (χ4v) is 4.00. The van der Waals surface area contributed by atoms with Crippen LogP contribution in [0.5, 0.6) is 0 Å². The van der Waals surface area contributed by atoms with Crippen molar-refractivity contribution in [2.45, 2.75) is 38.2 Å². The Morgan fingerprint density at radius 2 is 1.82 bits per heavy atom. The molecule has 3 rings (SSSR count). The van der Waals surface area contributed by atoms with Gasteiger partial charge in [0.15, 0.2) is 0 Å². The number of rotatable bonds is 2. The topological polar surface area (TPSA) is 116 Å². The van der Waals surface area contributed by atoms with Crippen LogP contribution in [0.15, 0.2) is 6.07 Å². The molecule has 0 aliphatic carbocycles. The number of nitrogen functional groups attached to an aromatic ring is 1. The summed E-state index contributed by atoms with van der Waals surface area (Å²) >= 11 is 0. The molecule has 0 bridgehead atoms. The first-order valence-electron chi connectivity index (χ1n) is 9.73. The second-order valence-corrected chi connectivity index (χ2v) is 8.37. The second kappa shape index (κ2) is 7.54. The summed E-state index contributed by atoms with van der Waals surface area (Å²) in [6.45, 7) is 5.76. The number of urea groups is 1. The number of likely N-dealkylation sites (tertiary alicyclic amines) is 2. The summed E-state index contributed by atoms with van der Waals surface area (Å²) in [4.78, 5) is 38.6. The van der Waals surface area contributed by atoms with Gasteiger partial charge in [0.2, 0.25) is 5.95 Å². The van der Waals surface area contributed by atoms with Gasteiger partial charge in [-0.2, -0.15) is 0 Å². The molecule has 9 heteroatoms. The lowest BCUT2D eigenvalue weighted by molar-refractivity contribution is -0.101. The maximum Gasteiger partial charge on any atom is 0.319 e. The van der Waals surface area contributed by atoms with E-state index in [1.165, 1.54) is 4.90 Å². The Balaban J connectivity index is 1.77. The van der Waals surface area contributed by atoms with E-state index in [-0.39, 0.29) is 35.4 Å². The van der Waals surface area contributed by atoms with E-state index < -0.39 is 5.60 Å². The number of anilines is 1. The van der Waals surface area contributed by atoms with Gasteiger partial charge in [-0.15, -0.1) is 0 Å². The van der Waals surface area contributed by atoms with Crippen molar-refractivity contribution in [3.63, 3.8) is 0 Å². The molecule has 3 amide bonds. The molecule has 0 aromatic carbocycles. The molecule has 28 heavy (non-hydrogen) atoms. The summed E-state index contributed by atoms with van der Waals surface area (Å²) in [5.74, 6) is -0.184. The second-order valence-electron chi connectivity index (χ2n) is 8.37. The SMILES string of the molecule is CC(C)c1cc(C(=O)N2CC[C@@]3(O)CCN(C(=O)N(C)C)C[C@H]3C2)nc(N)n1. The number of fused-ring (bicyclic) bond motifs is 1. The highest BCUT2D eigenvalue weighted by Gasteiger charge is 2.47. The van der Waals surface area contributed by atoms with E-state index in [0.29, 0.717) is 39.0 Å². The smallest absolute Gasteiger partial charge is 0.319 e.